The molecule has 100 valence electrons. The van der Waals surface area contributed by atoms with E-state index in [2.05, 4.69) is 46.1 Å². The quantitative estimate of drug-likeness (QED) is 0.910. The van der Waals surface area contributed by atoms with Gasteiger partial charge in [-0.05, 0) is 49.9 Å². The molecule has 3 heteroatoms. The second-order valence-corrected chi connectivity index (χ2v) is 5.16. The maximum atomic E-state index is 4.56. The van der Waals surface area contributed by atoms with E-state index >= 15 is 0 Å². The van der Waals surface area contributed by atoms with Crippen LogP contribution in [0.2, 0.25) is 0 Å². The van der Waals surface area contributed by atoms with Crippen molar-refractivity contribution in [2.45, 2.75) is 39.2 Å². The van der Waals surface area contributed by atoms with Gasteiger partial charge < -0.3 is 9.88 Å². The lowest BCUT2D eigenvalue weighted by atomic mass is 10.0. The van der Waals surface area contributed by atoms with Gasteiger partial charge in [-0.25, -0.2) is 4.98 Å². The van der Waals surface area contributed by atoms with Gasteiger partial charge in [0.05, 0.1) is 12.0 Å². The molecule has 1 aliphatic rings. The minimum Gasteiger partial charge on any atom is -0.313 e. The number of hydrogen-bond acceptors (Lipinski definition) is 2. The van der Waals surface area contributed by atoms with Gasteiger partial charge >= 0.3 is 0 Å². The number of nitrogens with zero attached hydrogens (tertiary/aromatic N) is 2. The van der Waals surface area contributed by atoms with Gasteiger partial charge in [-0.1, -0.05) is 19.1 Å². The normalized spacial score (nSPS) is 14.4. The number of aromatic nitrogens is 2. The van der Waals surface area contributed by atoms with Crippen molar-refractivity contribution in [3.05, 3.63) is 47.5 Å². The molecule has 0 aliphatic heterocycles. The van der Waals surface area contributed by atoms with Crippen LogP contribution in [0, 0.1) is 0 Å². The summed E-state index contributed by atoms with van der Waals surface area (Å²) in [6.45, 7) is 4.09. The van der Waals surface area contributed by atoms with Crippen LogP contribution in [0.1, 0.15) is 36.7 Å². The molecule has 1 aromatic heterocycles. The van der Waals surface area contributed by atoms with Crippen molar-refractivity contribution in [3.63, 3.8) is 0 Å². The Morgan fingerprint density at radius 2 is 1.95 bits per heavy atom. The number of benzene rings is 1. The summed E-state index contributed by atoms with van der Waals surface area (Å²) in [6.07, 6.45) is 6.85. The van der Waals surface area contributed by atoms with Crippen molar-refractivity contribution in [2.75, 3.05) is 6.54 Å². The summed E-state index contributed by atoms with van der Waals surface area (Å²) in [4.78, 5) is 4.56. The van der Waals surface area contributed by atoms with E-state index in [0.717, 1.165) is 25.9 Å². The lowest BCUT2D eigenvalue weighted by Crippen LogP contribution is -2.11. The summed E-state index contributed by atoms with van der Waals surface area (Å²) < 4.78 is 2.26. The first-order valence-electron chi connectivity index (χ1n) is 7.23. The third-order valence-electron chi connectivity index (χ3n) is 3.82. The fraction of sp³-hybridized carbons (Fsp3) is 0.438. The maximum Gasteiger partial charge on any atom is 0.0997 e. The van der Waals surface area contributed by atoms with Gasteiger partial charge in [-0.2, -0.15) is 0 Å². The zero-order valence-electron chi connectivity index (χ0n) is 11.5. The minimum absolute atomic E-state index is 0.943. The Balaban J connectivity index is 1.84. The molecule has 0 radical (unpaired) electrons. The second-order valence-electron chi connectivity index (χ2n) is 5.16. The SMILES string of the molecule is CCNCc1ccc(-n2cnc3c2CCCC3)cc1. The van der Waals surface area contributed by atoms with Crippen molar-refractivity contribution in [3.8, 4) is 5.69 Å². The Labute approximate surface area is 114 Å². The van der Waals surface area contributed by atoms with Gasteiger partial charge in [0.15, 0.2) is 0 Å². The highest BCUT2D eigenvalue weighted by Gasteiger charge is 2.15. The Kier molecular flexibility index (Phi) is 3.65. The third kappa shape index (κ3) is 2.56. The van der Waals surface area contributed by atoms with Crippen molar-refractivity contribution in [1.82, 2.24) is 14.9 Å². The van der Waals surface area contributed by atoms with E-state index in [4.69, 9.17) is 0 Å². The van der Waals surface area contributed by atoms with Crippen LogP contribution < -0.4 is 5.32 Å². The van der Waals surface area contributed by atoms with Crippen molar-refractivity contribution >= 4 is 0 Å². The lowest BCUT2D eigenvalue weighted by Gasteiger charge is -2.14. The topological polar surface area (TPSA) is 29.9 Å². The molecule has 0 spiro atoms. The Morgan fingerprint density at radius 1 is 1.16 bits per heavy atom. The van der Waals surface area contributed by atoms with Gasteiger partial charge in [0, 0.05) is 17.9 Å². The van der Waals surface area contributed by atoms with Crippen molar-refractivity contribution in [2.24, 2.45) is 0 Å². The van der Waals surface area contributed by atoms with Gasteiger partial charge in [-0.15, -0.1) is 0 Å². The Morgan fingerprint density at radius 3 is 2.74 bits per heavy atom. The number of aryl methyl sites for hydroxylation is 1. The molecule has 0 atom stereocenters. The molecule has 1 N–H and O–H groups in total. The average Bonchev–Trinajstić information content (AvgIpc) is 2.90. The number of hydrogen-bond donors (Lipinski definition) is 1. The summed E-state index contributed by atoms with van der Waals surface area (Å²) >= 11 is 0. The predicted octanol–water partition coefficient (Wildman–Crippen LogP) is 2.86. The summed E-state index contributed by atoms with van der Waals surface area (Å²) in [6, 6.07) is 8.80. The van der Waals surface area contributed by atoms with E-state index in [9.17, 15) is 0 Å². The highest BCUT2D eigenvalue weighted by Crippen LogP contribution is 2.23. The molecule has 0 saturated heterocycles. The van der Waals surface area contributed by atoms with Crippen LogP contribution in [0.5, 0.6) is 0 Å². The van der Waals surface area contributed by atoms with Gasteiger partial charge in [0.2, 0.25) is 0 Å². The first-order valence-corrected chi connectivity index (χ1v) is 7.23. The van der Waals surface area contributed by atoms with Crippen molar-refractivity contribution < 1.29 is 0 Å². The molecule has 2 aromatic rings. The molecule has 1 aromatic carbocycles. The molecule has 0 amide bonds. The summed E-state index contributed by atoms with van der Waals surface area (Å²) in [5, 5.41) is 3.35. The second kappa shape index (κ2) is 5.57. The van der Waals surface area contributed by atoms with Crippen molar-refractivity contribution in [1.29, 1.82) is 0 Å². The number of nitrogens with one attached hydrogen (secondary N) is 1. The predicted molar refractivity (Wildman–Crippen MR) is 77.6 cm³/mol. The molecule has 0 fully saturated rings. The minimum atomic E-state index is 0.943. The van der Waals surface area contributed by atoms with Gasteiger partial charge in [0.25, 0.3) is 0 Å². The van der Waals surface area contributed by atoms with E-state index < -0.39 is 0 Å². The summed E-state index contributed by atoms with van der Waals surface area (Å²) in [5.74, 6) is 0. The van der Waals surface area contributed by atoms with Crippen LogP contribution in [-0.4, -0.2) is 16.1 Å². The highest BCUT2D eigenvalue weighted by molar-refractivity contribution is 5.38. The highest BCUT2D eigenvalue weighted by atomic mass is 15.1. The molecule has 19 heavy (non-hydrogen) atoms. The molecule has 0 unspecified atom stereocenters. The lowest BCUT2D eigenvalue weighted by molar-refractivity contribution is 0.656. The smallest absolute Gasteiger partial charge is 0.0997 e. The number of fused-ring (bicyclic) bond motifs is 1. The third-order valence-corrected chi connectivity index (χ3v) is 3.82. The molecule has 3 nitrogen and oxygen atoms in total. The summed E-state index contributed by atoms with van der Waals surface area (Å²) in [7, 11) is 0. The van der Waals surface area contributed by atoms with Crippen LogP contribution in [0.4, 0.5) is 0 Å². The van der Waals surface area contributed by atoms with E-state index in [1.165, 1.54) is 35.5 Å². The molecule has 0 saturated carbocycles. The summed E-state index contributed by atoms with van der Waals surface area (Å²) in [5.41, 5.74) is 5.27. The van der Waals surface area contributed by atoms with Gasteiger partial charge in [-0.3, -0.25) is 0 Å². The Hall–Kier alpha value is -1.61. The van der Waals surface area contributed by atoms with Crippen LogP contribution >= 0.6 is 0 Å². The van der Waals surface area contributed by atoms with E-state index in [-0.39, 0.29) is 0 Å². The first-order chi connectivity index (χ1) is 9.38. The number of rotatable bonds is 4. The van der Waals surface area contributed by atoms with Crippen LogP contribution in [0.3, 0.4) is 0 Å². The first kappa shape index (κ1) is 12.4. The molecule has 3 rings (SSSR count). The Bertz CT molecular complexity index is 540. The number of imidazole rings is 1. The zero-order chi connectivity index (χ0) is 13.1. The zero-order valence-corrected chi connectivity index (χ0v) is 11.5. The van der Waals surface area contributed by atoms with E-state index in [1.54, 1.807) is 0 Å². The molecular weight excluding hydrogens is 234 g/mol. The van der Waals surface area contributed by atoms with Gasteiger partial charge in [0.1, 0.15) is 0 Å². The monoisotopic (exact) mass is 255 g/mol. The molecular formula is C16H21N3. The maximum absolute atomic E-state index is 4.56. The van der Waals surface area contributed by atoms with Crippen LogP contribution in [-0.2, 0) is 19.4 Å². The van der Waals surface area contributed by atoms with E-state index in [1.807, 2.05) is 6.33 Å². The standard InChI is InChI=1S/C16H21N3/c1-2-17-11-13-7-9-14(10-8-13)19-12-18-15-5-3-4-6-16(15)19/h7-10,12,17H,2-6,11H2,1H3. The fourth-order valence-corrected chi connectivity index (χ4v) is 2.74. The fourth-order valence-electron chi connectivity index (χ4n) is 2.74. The molecule has 1 aliphatic carbocycles. The van der Waals surface area contributed by atoms with Crippen LogP contribution in [0.15, 0.2) is 30.6 Å². The molecule has 1 heterocycles. The molecule has 0 bridgehead atoms. The average molecular weight is 255 g/mol. The van der Waals surface area contributed by atoms with E-state index in [0.29, 0.717) is 0 Å². The largest absolute Gasteiger partial charge is 0.313 e. The van der Waals surface area contributed by atoms with Crippen LogP contribution in [0.25, 0.3) is 5.69 Å².